The van der Waals surface area contributed by atoms with Crippen molar-refractivity contribution >= 4 is 17.3 Å². The summed E-state index contributed by atoms with van der Waals surface area (Å²) in [4.78, 5) is 6.60. The third-order valence-electron chi connectivity index (χ3n) is 3.38. The van der Waals surface area contributed by atoms with Crippen LogP contribution >= 0.6 is 0 Å². The molecule has 1 fully saturated rings. The highest BCUT2D eigenvalue weighted by atomic mass is 15.2. The molecule has 4 heteroatoms. The normalized spacial score (nSPS) is 19.8. The van der Waals surface area contributed by atoms with Gasteiger partial charge in [-0.1, -0.05) is 13.8 Å². The van der Waals surface area contributed by atoms with Crippen molar-refractivity contribution in [2.24, 2.45) is 5.41 Å². The monoisotopic (exact) mass is 220 g/mol. The van der Waals surface area contributed by atoms with E-state index in [1.54, 1.807) is 0 Å². The van der Waals surface area contributed by atoms with E-state index in [0.717, 1.165) is 18.9 Å². The molecule has 0 saturated carbocycles. The molecule has 1 aliphatic heterocycles. The molecule has 2 heterocycles. The lowest BCUT2D eigenvalue weighted by atomic mass is 9.83. The van der Waals surface area contributed by atoms with Crippen LogP contribution in [0.15, 0.2) is 12.1 Å². The molecule has 2 rings (SSSR count). The second-order valence-electron chi connectivity index (χ2n) is 5.30. The molecule has 0 unspecified atom stereocenters. The first kappa shape index (κ1) is 11.0. The number of nitrogens with two attached hydrogens (primary N) is 2. The van der Waals surface area contributed by atoms with Crippen LogP contribution in [0.4, 0.5) is 17.3 Å². The number of anilines is 3. The third kappa shape index (κ3) is 2.21. The lowest BCUT2D eigenvalue weighted by Gasteiger charge is -2.37. The predicted octanol–water partition coefficient (Wildman–Crippen LogP) is 1.87. The van der Waals surface area contributed by atoms with Gasteiger partial charge in [0.2, 0.25) is 0 Å². The van der Waals surface area contributed by atoms with E-state index in [1.165, 1.54) is 12.8 Å². The second kappa shape index (κ2) is 3.85. The molecule has 1 aromatic heterocycles. The number of piperidine rings is 1. The van der Waals surface area contributed by atoms with Crippen molar-refractivity contribution in [3.05, 3.63) is 12.1 Å². The molecule has 0 atom stereocenters. The molecule has 1 aliphatic rings. The van der Waals surface area contributed by atoms with Gasteiger partial charge in [0.15, 0.2) is 0 Å². The molecule has 4 N–H and O–H groups in total. The molecule has 0 aromatic carbocycles. The predicted molar refractivity (Wildman–Crippen MR) is 68.3 cm³/mol. The van der Waals surface area contributed by atoms with E-state index < -0.39 is 0 Å². The van der Waals surface area contributed by atoms with Crippen LogP contribution < -0.4 is 16.4 Å². The average molecular weight is 220 g/mol. The lowest BCUT2D eigenvalue weighted by Crippen LogP contribution is -2.37. The summed E-state index contributed by atoms with van der Waals surface area (Å²) in [6, 6.07) is 3.78. The Kier molecular flexibility index (Phi) is 2.66. The van der Waals surface area contributed by atoms with Gasteiger partial charge in [-0.3, -0.25) is 0 Å². The molecule has 0 spiro atoms. The Morgan fingerprint density at radius 1 is 1.19 bits per heavy atom. The van der Waals surface area contributed by atoms with Gasteiger partial charge in [-0.05, 0) is 30.4 Å². The van der Waals surface area contributed by atoms with Crippen molar-refractivity contribution in [3.63, 3.8) is 0 Å². The quantitative estimate of drug-likeness (QED) is 0.758. The van der Waals surface area contributed by atoms with E-state index in [9.17, 15) is 0 Å². The molecule has 4 nitrogen and oxygen atoms in total. The molecular weight excluding hydrogens is 200 g/mol. The van der Waals surface area contributed by atoms with Gasteiger partial charge in [0.25, 0.3) is 0 Å². The number of nitrogens with zero attached hydrogens (tertiary/aromatic N) is 2. The molecule has 0 radical (unpaired) electrons. The fraction of sp³-hybridized carbons (Fsp3) is 0.583. The molecule has 1 saturated heterocycles. The minimum absolute atomic E-state index is 0.433. The van der Waals surface area contributed by atoms with Crippen LogP contribution in [-0.2, 0) is 0 Å². The van der Waals surface area contributed by atoms with Crippen molar-refractivity contribution in [1.29, 1.82) is 0 Å². The zero-order chi connectivity index (χ0) is 11.8. The number of aromatic nitrogens is 1. The minimum atomic E-state index is 0.433. The lowest BCUT2D eigenvalue weighted by molar-refractivity contribution is 0.279. The summed E-state index contributed by atoms with van der Waals surface area (Å²) < 4.78 is 0. The number of rotatable bonds is 1. The van der Waals surface area contributed by atoms with Gasteiger partial charge >= 0.3 is 0 Å². The van der Waals surface area contributed by atoms with Gasteiger partial charge in [-0.2, -0.15) is 0 Å². The van der Waals surface area contributed by atoms with Crippen LogP contribution in [0.25, 0.3) is 0 Å². The van der Waals surface area contributed by atoms with E-state index in [0.29, 0.717) is 16.9 Å². The zero-order valence-corrected chi connectivity index (χ0v) is 10.0. The Bertz CT molecular complexity index is 377. The fourth-order valence-corrected chi connectivity index (χ4v) is 1.99. The highest BCUT2D eigenvalue weighted by molar-refractivity contribution is 5.62. The number of hydrogen-bond donors (Lipinski definition) is 2. The van der Waals surface area contributed by atoms with Gasteiger partial charge < -0.3 is 16.4 Å². The number of nitrogen functional groups attached to an aromatic ring is 2. The Labute approximate surface area is 96.6 Å². The first-order valence-corrected chi connectivity index (χ1v) is 5.75. The Morgan fingerprint density at radius 3 is 2.38 bits per heavy atom. The van der Waals surface area contributed by atoms with Crippen LogP contribution in [0.5, 0.6) is 0 Å². The summed E-state index contributed by atoms with van der Waals surface area (Å²) in [6.45, 7) is 6.72. The van der Waals surface area contributed by atoms with Gasteiger partial charge in [0, 0.05) is 13.1 Å². The van der Waals surface area contributed by atoms with Crippen LogP contribution in [0, 0.1) is 5.41 Å². The van der Waals surface area contributed by atoms with Crippen molar-refractivity contribution in [3.8, 4) is 0 Å². The second-order valence-corrected chi connectivity index (χ2v) is 5.30. The van der Waals surface area contributed by atoms with Gasteiger partial charge in [-0.15, -0.1) is 0 Å². The van der Waals surface area contributed by atoms with E-state index >= 15 is 0 Å². The minimum Gasteiger partial charge on any atom is -0.396 e. The van der Waals surface area contributed by atoms with Crippen LogP contribution in [0.1, 0.15) is 26.7 Å². The smallest absolute Gasteiger partial charge is 0.149 e. The summed E-state index contributed by atoms with van der Waals surface area (Å²) in [5, 5.41) is 0. The number of hydrogen-bond acceptors (Lipinski definition) is 4. The molecule has 1 aromatic rings. The van der Waals surface area contributed by atoms with E-state index in [-0.39, 0.29) is 0 Å². The summed E-state index contributed by atoms with van der Waals surface area (Å²) in [6.07, 6.45) is 2.39. The maximum absolute atomic E-state index is 5.72. The summed E-state index contributed by atoms with van der Waals surface area (Å²) >= 11 is 0. The fourth-order valence-electron chi connectivity index (χ4n) is 1.99. The van der Waals surface area contributed by atoms with Crippen molar-refractivity contribution in [1.82, 2.24) is 4.98 Å². The van der Waals surface area contributed by atoms with Crippen LogP contribution in [0.2, 0.25) is 0 Å². The number of pyridine rings is 1. The highest BCUT2D eigenvalue weighted by Crippen LogP contribution is 2.32. The first-order valence-electron chi connectivity index (χ1n) is 5.75. The van der Waals surface area contributed by atoms with E-state index in [2.05, 4.69) is 23.7 Å². The first-order chi connectivity index (χ1) is 7.48. The Balaban J connectivity index is 2.11. The van der Waals surface area contributed by atoms with Crippen molar-refractivity contribution in [2.45, 2.75) is 26.7 Å². The third-order valence-corrected chi connectivity index (χ3v) is 3.38. The van der Waals surface area contributed by atoms with Crippen molar-refractivity contribution in [2.75, 3.05) is 29.5 Å². The van der Waals surface area contributed by atoms with Gasteiger partial charge in [0.05, 0.1) is 5.69 Å². The molecule has 88 valence electrons. The van der Waals surface area contributed by atoms with Crippen molar-refractivity contribution < 1.29 is 0 Å². The summed E-state index contributed by atoms with van der Waals surface area (Å²) in [5.41, 5.74) is 12.4. The van der Waals surface area contributed by atoms with Crippen LogP contribution in [0.3, 0.4) is 0 Å². The Morgan fingerprint density at radius 2 is 1.81 bits per heavy atom. The Hall–Kier alpha value is -1.45. The standard InChI is InChI=1S/C12H20N4/c1-12(2)5-7-16(8-6-12)10-4-3-9(13)11(14)15-10/h3-4H,5-8,13H2,1-2H3,(H2,14,15). The largest absolute Gasteiger partial charge is 0.396 e. The maximum Gasteiger partial charge on any atom is 0.149 e. The molecule has 16 heavy (non-hydrogen) atoms. The van der Waals surface area contributed by atoms with E-state index in [1.807, 2.05) is 12.1 Å². The van der Waals surface area contributed by atoms with Gasteiger partial charge in [-0.25, -0.2) is 4.98 Å². The van der Waals surface area contributed by atoms with Crippen LogP contribution in [-0.4, -0.2) is 18.1 Å². The molecular formula is C12H20N4. The zero-order valence-electron chi connectivity index (χ0n) is 10.0. The molecule has 0 amide bonds. The summed E-state index contributed by atoms with van der Waals surface area (Å²) in [5.74, 6) is 1.38. The topological polar surface area (TPSA) is 68.2 Å². The SMILES string of the molecule is CC1(C)CCN(c2ccc(N)c(N)n2)CC1. The molecule has 0 aliphatic carbocycles. The maximum atomic E-state index is 5.72. The van der Waals surface area contributed by atoms with E-state index in [4.69, 9.17) is 11.5 Å². The van der Waals surface area contributed by atoms with Gasteiger partial charge in [0.1, 0.15) is 11.6 Å². The average Bonchev–Trinajstić information content (AvgIpc) is 2.22. The summed E-state index contributed by atoms with van der Waals surface area (Å²) in [7, 11) is 0. The molecule has 0 bridgehead atoms. The highest BCUT2D eigenvalue weighted by Gasteiger charge is 2.25.